The van der Waals surface area contributed by atoms with Crippen molar-refractivity contribution in [1.29, 1.82) is 0 Å². The summed E-state index contributed by atoms with van der Waals surface area (Å²) in [5, 5.41) is 13.0. The van der Waals surface area contributed by atoms with Crippen LogP contribution >= 0.6 is 23.1 Å². The highest BCUT2D eigenvalue weighted by Crippen LogP contribution is 2.46. The first-order valence-electron chi connectivity index (χ1n) is 11.1. The number of nitrogens with zero attached hydrogens (tertiary/aromatic N) is 2. The molecule has 2 aromatic carbocycles. The van der Waals surface area contributed by atoms with Crippen LogP contribution in [0.2, 0.25) is 0 Å². The first-order chi connectivity index (χ1) is 17.4. The van der Waals surface area contributed by atoms with Crippen LogP contribution in [0.3, 0.4) is 0 Å². The van der Waals surface area contributed by atoms with Gasteiger partial charge < -0.3 is 14.7 Å². The highest BCUT2D eigenvalue weighted by molar-refractivity contribution is 8.01. The van der Waals surface area contributed by atoms with E-state index in [1.807, 2.05) is 16.8 Å². The monoisotopic (exact) mass is 520 g/mol. The predicted octanol–water partition coefficient (Wildman–Crippen LogP) is 5.62. The van der Waals surface area contributed by atoms with Crippen LogP contribution in [0.25, 0.3) is 0 Å². The van der Waals surface area contributed by atoms with Gasteiger partial charge in [0.15, 0.2) is 5.78 Å². The zero-order chi connectivity index (χ0) is 25.3. The second-order valence-electron chi connectivity index (χ2n) is 8.30. The van der Waals surface area contributed by atoms with Gasteiger partial charge in [0.25, 0.3) is 0 Å². The molecule has 0 aliphatic carbocycles. The van der Waals surface area contributed by atoms with E-state index in [9.17, 15) is 19.1 Å². The Morgan fingerprint density at radius 2 is 1.86 bits per heavy atom. The van der Waals surface area contributed by atoms with Gasteiger partial charge in [0.2, 0.25) is 11.8 Å². The number of phenols is 1. The number of thiophene rings is 1. The van der Waals surface area contributed by atoms with Crippen molar-refractivity contribution in [2.24, 2.45) is 0 Å². The first-order valence-corrected chi connectivity index (χ1v) is 12.9. The van der Waals surface area contributed by atoms with Crippen LogP contribution in [0.1, 0.15) is 17.7 Å². The van der Waals surface area contributed by atoms with E-state index < -0.39 is 10.8 Å². The minimum Gasteiger partial charge on any atom is -0.507 e. The second kappa shape index (κ2) is 9.75. The fraction of sp³-hybridized carbons (Fsp3) is 0.148. The number of aromatic hydroxyl groups is 1. The minimum absolute atomic E-state index is 0.00420. The number of carbonyl (C=O) groups is 2. The topological polar surface area (TPSA) is 79.7 Å². The van der Waals surface area contributed by atoms with E-state index in [0.717, 1.165) is 17.3 Å². The number of piperidine rings is 1. The lowest BCUT2D eigenvalue weighted by molar-refractivity contribution is -0.144. The number of hydrogen-bond donors (Lipinski definition) is 1. The molecule has 1 aliphatic heterocycles. The van der Waals surface area contributed by atoms with Gasteiger partial charge in [-0.25, -0.2) is 9.37 Å². The largest absolute Gasteiger partial charge is 0.507 e. The molecular formula is C27H21FN2O4S2. The van der Waals surface area contributed by atoms with E-state index in [0.29, 0.717) is 16.3 Å². The molecule has 9 heteroatoms. The molecule has 0 bridgehead atoms. The number of carbonyl (C=O) groups excluding carboxylic acids is 2. The number of para-hydroxylation sites is 1. The average Bonchev–Trinajstić information content (AvgIpc) is 3.42. The summed E-state index contributed by atoms with van der Waals surface area (Å²) >= 11 is 2.51. The zero-order valence-corrected chi connectivity index (χ0v) is 20.8. The summed E-state index contributed by atoms with van der Waals surface area (Å²) in [6, 6.07) is 19.3. The number of aromatic nitrogens is 1. The Balaban J connectivity index is 1.52. The van der Waals surface area contributed by atoms with Crippen LogP contribution in [0.5, 0.6) is 17.4 Å². The number of hydrogen-bond acceptors (Lipinski definition) is 7. The normalized spacial score (nSPS) is 19.9. The molecule has 0 spiro atoms. The minimum atomic E-state index is -1.13. The number of ether oxygens (including phenoxy) is 1. The third kappa shape index (κ3) is 4.36. The van der Waals surface area contributed by atoms with E-state index in [1.54, 1.807) is 48.3 Å². The molecular weight excluding hydrogens is 499 g/mol. The van der Waals surface area contributed by atoms with Crippen molar-refractivity contribution >= 4 is 34.8 Å². The van der Waals surface area contributed by atoms with Gasteiger partial charge >= 0.3 is 0 Å². The third-order valence-electron chi connectivity index (χ3n) is 6.14. The van der Waals surface area contributed by atoms with Gasteiger partial charge in [0, 0.05) is 19.5 Å². The van der Waals surface area contributed by atoms with Crippen LogP contribution in [0.4, 0.5) is 4.39 Å². The van der Waals surface area contributed by atoms with E-state index in [4.69, 9.17) is 4.74 Å². The summed E-state index contributed by atoms with van der Waals surface area (Å²) < 4.78 is 19.1. The van der Waals surface area contributed by atoms with Crippen LogP contribution in [-0.4, -0.2) is 39.0 Å². The third-order valence-corrected chi connectivity index (χ3v) is 8.12. The average molecular weight is 521 g/mol. The van der Waals surface area contributed by atoms with E-state index >= 15 is 0 Å². The number of Topliss-reactive ketones (excluding diaryl/α,β-unsaturated/α-hetero) is 1. The maximum absolute atomic E-state index is 13.7. The Bertz CT molecular complexity index is 1410. The summed E-state index contributed by atoms with van der Waals surface area (Å²) in [5.74, 6) is -0.325. The Labute approximate surface area is 215 Å². The van der Waals surface area contributed by atoms with Crippen molar-refractivity contribution in [3.05, 3.63) is 101 Å². The lowest BCUT2D eigenvalue weighted by Crippen LogP contribution is -2.58. The van der Waals surface area contributed by atoms with Crippen molar-refractivity contribution in [2.45, 2.75) is 22.1 Å². The van der Waals surface area contributed by atoms with Crippen molar-refractivity contribution in [2.75, 3.05) is 7.05 Å². The van der Waals surface area contributed by atoms with E-state index in [-0.39, 0.29) is 35.6 Å². The molecule has 3 heterocycles. The van der Waals surface area contributed by atoms with Gasteiger partial charge in [-0.1, -0.05) is 18.2 Å². The van der Waals surface area contributed by atoms with E-state index in [2.05, 4.69) is 4.98 Å². The molecule has 2 atom stereocenters. The summed E-state index contributed by atoms with van der Waals surface area (Å²) in [4.78, 5) is 33.9. The number of phenolic OH excluding ortho intramolecular Hbond substituents is 1. The van der Waals surface area contributed by atoms with Crippen molar-refractivity contribution in [1.82, 2.24) is 9.88 Å². The van der Waals surface area contributed by atoms with Gasteiger partial charge in [-0.15, -0.1) is 11.8 Å². The second-order valence-corrected chi connectivity index (χ2v) is 10.2. The summed E-state index contributed by atoms with van der Waals surface area (Å²) in [7, 11) is 1.67. The molecule has 0 radical (unpaired) electrons. The molecule has 4 aromatic rings. The molecule has 1 amide bonds. The van der Waals surface area contributed by atoms with Crippen LogP contribution in [-0.2, 0) is 15.1 Å². The molecule has 2 aromatic heterocycles. The number of thioether (sulfide) groups is 1. The number of benzene rings is 2. The lowest BCUT2D eigenvalue weighted by Gasteiger charge is -2.46. The number of rotatable bonds is 6. The van der Waals surface area contributed by atoms with Crippen molar-refractivity contribution in [3.8, 4) is 17.4 Å². The van der Waals surface area contributed by atoms with Gasteiger partial charge in [-0.05, 0) is 64.9 Å². The molecule has 182 valence electrons. The number of likely N-dealkylation sites (tertiary alicyclic amines) is 1. The zero-order valence-electron chi connectivity index (χ0n) is 19.1. The van der Waals surface area contributed by atoms with Gasteiger partial charge in [0.05, 0.1) is 10.6 Å². The fourth-order valence-electron chi connectivity index (χ4n) is 4.30. The van der Waals surface area contributed by atoms with Crippen LogP contribution in [0, 0.1) is 5.82 Å². The summed E-state index contributed by atoms with van der Waals surface area (Å²) in [6.07, 6.45) is 0.00420. The summed E-state index contributed by atoms with van der Waals surface area (Å²) in [5.41, 5.74) is 0.122. The van der Waals surface area contributed by atoms with Gasteiger partial charge in [0.1, 0.15) is 28.1 Å². The lowest BCUT2D eigenvalue weighted by atomic mass is 9.78. The van der Waals surface area contributed by atoms with Gasteiger partial charge in [-0.3, -0.25) is 9.59 Å². The standard InChI is InChI=1S/C27H21FN2O4S2/c1-30-26(33)25(36-22-6-3-2-5-20(22)31)21(32)15-27(30,17-13-14-35-16-17)23-7-4-8-24(29-23)34-19-11-9-18(28)10-12-19/h2-14,16,25,31H,15H2,1H3. The number of ketones is 1. The Morgan fingerprint density at radius 3 is 2.58 bits per heavy atom. The van der Waals surface area contributed by atoms with Gasteiger partial charge in [-0.2, -0.15) is 11.3 Å². The maximum Gasteiger partial charge on any atom is 0.244 e. The predicted molar refractivity (Wildman–Crippen MR) is 136 cm³/mol. The highest BCUT2D eigenvalue weighted by Gasteiger charge is 2.52. The van der Waals surface area contributed by atoms with Crippen LogP contribution in [0.15, 0.2) is 88.5 Å². The quantitative estimate of drug-likeness (QED) is 0.333. The van der Waals surface area contributed by atoms with Crippen molar-refractivity contribution < 1.29 is 23.8 Å². The number of pyridine rings is 1. The molecule has 5 rings (SSSR count). The van der Waals surface area contributed by atoms with Crippen LogP contribution < -0.4 is 4.74 Å². The Hall–Kier alpha value is -3.69. The maximum atomic E-state index is 13.7. The van der Waals surface area contributed by atoms with Crippen molar-refractivity contribution in [3.63, 3.8) is 0 Å². The van der Waals surface area contributed by atoms with E-state index in [1.165, 1.54) is 41.7 Å². The molecule has 2 unspecified atom stereocenters. The molecule has 1 saturated heterocycles. The number of halogens is 1. The highest BCUT2D eigenvalue weighted by atomic mass is 32.2. The molecule has 6 nitrogen and oxygen atoms in total. The number of amides is 1. The molecule has 36 heavy (non-hydrogen) atoms. The molecule has 1 N–H and O–H groups in total. The summed E-state index contributed by atoms with van der Waals surface area (Å²) in [6.45, 7) is 0. The fourth-order valence-corrected chi connectivity index (χ4v) is 6.09. The Morgan fingerprint density at radius 1 is 1.08 bits per heavy atom. The SMILES string of the molecule is CN1C(=O)C(Sc2ccccc2O)C(=O)CC1(c1ccsc1)c1cccc(Oc2ccc(F)cc2)n1. The molecule has 1 aliphatic rings. The Kier molecular flexibility index (Phi) is 6.51. The molecule has 1 fully saturated rings. The first kappa shape index (κ1) is 24.0. The molecule has 0 saturated carbocycles. The smallest absolute Gasteiger partial charge is 0.244 e.